The van der Waals surface area contributed by atoms with Crippen molar-refractivity contribution in [2.45, 2.75) is 0 Å². The fraction of sp³-hybridized carbons (Fsp3) is 0.500. The Morgan fingerprint density at radius 1 is 1.20 bits per heavy atom. The molecule has 0 aromatic carbocycles. The SMILES string of the molecule is C1=CC[N]C1. The van der Waals surface area contributed by atoms with Gasteiger partial charge in [0.25, 0.3) is 0 Å². The van der Waals surface area contributed by atoms with Gasteiger partial charge in [-0.25, -0.2) is 5.32 Å². The standard InChI is InChI=1S/C4H6N/c1-2-4-5-3-1/h1-2H,3-4H2. The Morgan fingerprint density at radius 3 is 2.00 bits per heavy atom. The predicted molar refractivity (Wildman–Crippen MR) is 21.0 cm³/mol. The van der Waals surface area contributed by atoms with Crippen molar-refractivity contribution in [3.05, 3.63) is 12.2 Å². The van der Waals surface area contributed by atoms with E-state index in [2.05, 4.69) is 17.5 Å². The Morgan fingerprint density at radius 2 is 1.80 bits per heavy atom. The van der Waals surface area contributed by atoms with Gasteiger partial charge >= 0.3 is 0 Å². The van der Waals surface area contributed by atoms with Crippen molar-refractivity contribution in [2.24, 2.45) is 0 Å². The van der Waals surface area contributed by atoms with Crippen LogP contribution in [0.3, 0.4) is 0 Å². The third kappa shape index (κ3) is 0.484. The fourth-order valence-electron chi connectivity index (χ4n) is 0.373. The molecule has 0 fully saturated rings. The molecule has 1 heteroatoms. The molecule has 0 saturated heterocycles. The van der Waals surface area contributed by atoms with Gasteiger partial charge in [-0.3, -0.25) is 0 Å². The van der Waals surface area contributed by atoms with Crippen molar-refractivity contribution < 1.29 is 0 Å². The maximum Gasteiger partial charge on any atom is 0.0318 e. The molecule has 0 amide bonds. The van der Waals surface area contributed by atoms with E-state index in [1.165, 1.54) is 0 Å². The first-order valence-corrected chi connectivity index (χ1v) is 1.78. The minimum Gasteiger partial charge on any atom is -0.234 e. The zero-order valence-corrected chi connectivity index (χ0v) is 3.02. The number of rotatable bonds is 0. The molecule has 0 spiro atoms. The second-order valence-corrected chi connectivity index (χ2v) is 1.06. The van der Waals surface area contributed by atoms with Crippen molar-refractivity contribution in [1.82, 2.24) is 5.32 Å². The zero-order valence-electron chi connectivity index (χ0n) is 3.02. The lowest BCUT2D eigenvalue weighted by Crippen LogP contribution is -1.93. The Balaban J connectivity index is 2.32. The van der Waals surface area contributed by atoms with Crippen LogP contribution in [0.5, 0.6) is 0 Å². The van der Waals surface area contributed by atoms with Crippen molar-refractivity contribution in [1.29, 1.82) is 0 Å². The van der Waals surface area contributed by atoms with E-state index in [1.54, 1.807) is 0 Å². The van der Waals surface area contributed by atoms with E-state index >= 15 is 0 Å². The molecule has 0 aromatic heterocycles. The molecular weight excluding hydrogens is 62.1 g/mol. The van der Waals surface area contributed by atoms with Gasteiger partial charge in [0, 0.05) is 13.1 Å². The van der Waals surface area contributed by atoms with Gasteiger partial charge in [0.05, 0.1) is 0 Å². The molecule has 0 unspecified atom stereocenters. The summed E-state index contributed by atoms with van der Waals surface area (Å²) in [5, 5.41) is 3.97. The molecule has 0 atom stereocenters. The molecule has 5 heavy (non-hydrogen) atoms. The number of hydrogen-bond donors (Lipinski definition) is 0. The largest absolute Gasteiger partial charge is 0.234 e. The van der Waals surface area contributed by atoms with E-state index in [0.717, 1.165) is 13.1 Å². The van der Waals surface area contributed by atoms with Gasteiger partial charge < -0.3 is 0 Å². The average Bonchev–Trinajstić information content (AvgIpc) is 1.76. The van der Waals surface area contributed by atoms with Crippen molar-refractivity contribution in [3.8, 4) is 0 Å². The molecule has 1 heterocycles. The summed E-state index contributed by atoms with van der Waals surface area (Å²) in [5.74, 6) is 0. The van der Waals surface area contributed by atoms with Gasteiger partial charge in [-0.1, -0.05) is 12.2 Å². The zero-order chi connectivity index (χ0) is 3.54. The van der Waals surface area contributed by atoms with Crippen molar-refractivity contribution >= 4 is 0 Å². The van der Waals surface area contributed by atoms with Crippen LogP contribution in [0.2, 0.25) is 0 Å². The Bertz CT molecular complexity index is 41.6. The molecule has 1 nitrogen and oxygen atoms in total. The minimum absolute atomic E-state index is 0.944. The average molecular weight is 68.1 g/mol. The van der Waals surface area contributed by atoms with E-state index in [1.807, 2.05) is 0 Å². The Hall–Kier alpha value is -0.300. The topological polar surface area (TPSA) is 14.1 Å². The molecule has 1 aliphatic heterocycles. The molecule has 0 aromatic rings. The number of hydrogen-bond acceptors (Lipinski definition) is 0. The summed E-state index contributed by atoms with van der Waals surface area (Å²) in [5.41, 5.74) is 0. The lowest BCUT2D eigenvalue weighted by atomic mass is 10.6. The van der Waals surface area contributed by atoms with E-state index in [4.69, 9.17) is 0 Å². The first kappa shape index (κ1) is 2.91. The molecule has 0 saturated carbocycles. The molecule has 0 aliphatic carbocycles. The minimum atomic E-state index is 0.944. The van der Waals surface area contributed by atoms with Crippen LogP contribution < -0.4 is 5.32 Å². The molecule has 0 N–H and O–H groups in total. The highest BCUT2D eigenvalue weighted by molar-refractivity contribution is 4.92. The maximum absolute atomic E-state index is 3.97. The van der Waals surface area contributed by atoms with E-state index in [0.29, 0.717) is 0 Å². The van der Waals surface area contributed by atoms with Gasteiger partial charge in [-0.2, -0.15) is 0 Å². The quantitative estimate of drug-likeness (QED) is 0.359. The predicted octanol–water partition coefficient (Wildman–Crippen LogP) is 0.161. The van der Waals surface area contributed by atoms with Gasteiger partial charge in [0.1, 0.15) is 0 Å². The van der Waals surface area contributed by atoms with Crippen LogP contribution in [0.4, 0.5) is 0 Å². The lowest BCUT2D eigenvalue weighted by molar-refractivity contribution is 0.872. The van der Waals surface area contributed by atoms with Crippen LogP contribution in [0.15, 0.2) is 12.2 Å². The maximum atomic E-state index is 3.97. The van der Waals surface area contributed by atoms with Gasteiger partial charge in [0.2, 0.25) is 0 Å². The highest BCUT2D eigenvalue weighted by atomic mass is 14.9. The third-order valence-electron chi connectivity index (χ3n) is 0.636. The molecular formula is C4H6N. The molecule has 1 aliphatic rings. The van der Waals surface area contributed by atoms with E-state index in [9.17, 15) is 0 Å². The van der Waals surface area contributed by atoms with E-state index in [-0.39, 0.29) is 0 Å². The molecule has 27 valence electrons. The lowest BCUT2D eigenvalue weighted by Gasteiger charge is -1.73. The fourth-order valence-corrected chi connectivity index (χ4v) is 0.373. The van der Waals surface area contributed by atoms with Crippen LogP contribution in [0, 0.1) is 0 Å². The van der Waals surface area contributed by atoms with Crippen LogP contribution in [-0.2, 0) is 0 Å². The van der Waals surface area contributed by atoms with Crippen molar-refractivity contribution in [3.63, 3.8) is 0 Å². The van der Waals surface area contributed by atoms with Gasteiger partial charge in [-0.15, -0.1) is 0 Å². The van der Waals surface area contributed by atoms with Crippen molar-refractivity contribution in [2.75, 3.05) is 13.1 Å². The van der Waals surface area contributed by atoms with Gasteiger partial charge in [0.15, 0.2) is 0 Å². The summed E-state index contributed by atoms with van der Waals surface area (Å²) in [6, 6.07) is 0. The first-order chi connectivity index (χ1) is 2.50. The van der Waals surface area contributed by atoms with Crippen LogP contribution >= 0.6 is 0 Å². The third-order valence-corrected chi connectivity index (χ3v) is 0.636. The summed E-state index contributed by atoms with van der Waals surface area (Å²) < 4.78 is 0. The second kappa shape index (κ2) is 1.22. The molecule has 0 bridgehead atoms. The highest BCUT2D eigenvalue weighted by Crippen LogP contribution is 1.78. The molecule has 1 rings (SSSR count). The summed E-state index contributed by atoms with van der Waals surface area (Å²) in [6.07, 6.45) is 4.14. The monoisotopic (exact) mass is 68.1 g/mol. The van der Waals surface area contributed by atoms with Crippen LogP contribution in [0.25, 0.3) is 0 Å². The van der Waals surface area contributed by atoms with E-state index < -0.39 is 0 Å². The van der Waals surface area contributed by atoms with Crippen LogP contribution in [0.1, 0.15) is 0 Å². The van der Waals surface area contributed by atoms with Crippen LogP contribution in [-0.4, -0.2) is 13.1 Å². The summed E-state index contributed by atoms with van der Waals surface area (Å²) in [7, 11) is 0. The first-order valence-electron chi connectivity index (χ1n) is 1.78. The Labute approximate surface area is 31.7 Å². The number of nitrogens with zero attached hydrogens (tertiary/aromatic N) is 1. The Kier molecular flexibility index (Phi) is 0.711. The summed E-state index contributed by atoms with van der Waals surface area (Å²) >= 11 is 0. The normalized spacial score (nSPS) is 20.8. The second-order valence-electron chi connectivity index (χ2n) is 1.06. The summed E-state index contributed by atoms with van der Waals surface area (Å²) in [4.78, 5) is 0. The van der Waals surface area contributed by atoms with Gasteiger partial charge in [-0.05, 0) is 0 Å². The molecule has 1 radical (unpaired) electrons. The highest BCUT2D eigenvalue weighted by Gasteiger charge is 1.84. The summed E-state index contributed by atoms with van der Waals surface area (Å²) in [6.45, 7) is 1.89. The smallest absolute Gasteiger partial charge is 0.0318 e.